The highest BCUT2D eigenvalue weighted by molar-refractivity contribution is 7.92. The molecule has 1 unspecified atom stereocenters. The Morgan fingerprint density at radius 3 is 2.26 bits per heavy atom. The van der Waals surface area contributed by atoms with Crippen LogP contribution in [0.1, 0.15) is 43.2 Å². The minimum atomic E-state index is -4.21. The third-order valence-electron chi connectivity index (χ3n) is 7.93. The van der Waals surface area contributed by atoms with Crippen molar-refractivity contribution in [3.8, 4) is 5.75 Å². The number of anilines is 1. The summed E-state index contributed by atoms with van der Waals surface area (Å²) >= 11 is 13.1. The van der Waals surface area contributed by atoms with Crippen molar-refractivity contribution in [2.24, 2.45) is 0 Å². The molecule has 0 radical (unpaired) electrons. The second kappa shape index (κ2) is 15.6. The van der Waals surface area contributed by atoms with Gasteiger partial charge in [0.15, 0.2) is 0 Å². The van der Waals surface area contributed by atoms with Gasteiger partial charge in [0.1, 0.15) is 24.0 Å². The molecule has 246 valence electrons. The van der Waals surface area contributed by atoms with Crippen LogP contribution in [-0.4, -0.2) is 62.0 Å². The number of carbonyl (C=O) groups excluding carboxylic acids is 2. The van der Waals surface area contributed by atoms with Crippen molar-refractivity contribution in [1.82, 2.24) is 10.2 Å². The number of non-ortho nitro benzene ring substituents is 1. The molecule has 46 heavy (non-hydrogen) atoms. The number of carbonyl (C=O) groups is 2. The van der Waals surface area contributed by atoms with Crippen LogP contribution in [-0.2, 0) is 32.6 Å². The van der Waals surface area contributed by atoms with E-state index in [1.54, 1.807) is 18.2 Å². The van der Waals surface area contributed by atoms with E-state index in [1.807, 2.05) is 30.3 Å². The van der Waals surface area contributed by atoms with Gasteiger partial charge in [-0.05, 0) is 36.6 Å². The van der Waals surface area contributed by atoms with E-state index >= 15 is 0 Å². The number of benzene rings is 3. The van der Waals surface area contributed by atoms with Gasteiger partial charge in [-0.3, -0.25) is 24.0 Å². The Morgan fingerprint density at radius 2 is 1.67 bits per heavy atom. The Balaban J connectivity index is 1.81. The number of hydrogen-bond acceptors (Lipinski definition) is 7. The SMILES string of the molecule is COc1ccc([N+](=O)[O-])cc1N(CC(=O)N(Cc1c(Cl)cccc1Cl)C(Cc1ccccc1)C(=O)NC1CCCCC1)S(C)(=O)=O. The van der Waals surface area contributed by atoms with E-state index in [-0.39, 0.29) is 40.5 Å². The molecule has 3 aromatic rings. The molecule has 1 saturated carbocycles. The number of nitrogens with one attached hydrogen (secondary N) is 1. The van der Waals surface area contributed by atoms with Gasteiger partial charge in [0.25, 0.3) is 5.69 Å². The van der Waals surface area contributed by atoms with Gasteiger partial charge >= 0.3 is 0 Å². The van der Waals surface area contributed by atoms with E-state index in [9.17, 15) is 28.1 Å². The molecule has 1 aliphatic carbocycles. The normalized spacial score (nSPS) is 14.3. The molecule has 1 atom stereocenters. The Bertz CT molecular complexity index is 1650. The Labute approximate surface area is 278 Å². The molecule has 1 fully saturated rings. The maximum Gasteiger partial charge on any atom is 0.271 e. The van der Waals surface area contributed by atoms with E-state index in [0.29, 0.717) is 5.56 Å². The van der Waals surface area contributed by atoms with Crippen molar-refractivity contribution in [3.63, 3.8) is 0 Å². The number of sulfonamides is 1. The van der Waals surface area contributed by atoms with Crippen molar-refractivity contribution < 1.29 is 27.7 Å². The Kier molecular flexibility index (Phi) is 11.9. The first-order chi connectivity index (χ1) is 21.9. The van der Waals surface area contributed by atoms with Gasteiger partial charge in [-0.2, -0.15) is 0 Å². The third-order valence-corrected chi connectivity index (χ3v) is 9.77. The molecule has 0 saturated heterocycles. The molecule has 0 bridgehead atoms. The van der Waals surface area contributed by atoms with Crippen LogP contribution in [0, 0.1) is 10.1 Å². The maximum atomic E-state index is 14.4. The Morgan fingerprint density at radius 1 is 1.02 bits per heavy atom. The topological polar surface area (TPSA) is 139 Å². The van der Waals surface area contributed by atoms with Gasteiger partial charge < -0.3 is 15.0 Å². The summed E-state index contributed by atoms with van der Waals surface area (Å²) in [6.07, 6.45) is 5.64. The van der Waals surface area contributed by atoms with Crippen LogP contribution in [0.2, 0.25) is 10.0 Å². The molecule has 11 nitrogen and oxygen atoms in total. The number of rotatable bonds is 13. The number of nitro benzene ring substituents is 1. The first-order valence-electron chi connectivity index (χ1n) is 14.8. The molecule has 3 aromatic carbocycles. The smallest absolute Gasteiger partial charge is 0.271 e. The van der Waals surface area contributed by atoms with Crippen LogP contribution >= 0.6 is 23.2 Å². The lowest BCUT2D eigenvalue weighted by atomic mass is 9.94. The van der Waals surface area contributed by atoms with Crippen LogP contribution in [0.5, 0.6) is 5.75 Å². The predicted molar refractivity (Wildman–Crippen MR) is 178 cm³/mol. The average Bonchev–Trinajstić information content (AvgIpc) is 3.02. The van der Waals surface area contributed by atoms with Crippen molar-refractivity contribution in [2.45, 2.75) is 57.2 Å². The number of nitrogens with zero attached hydrogens (tertiary/aromatic N) is 3. The molecular weight excluding hydrogens is 655 g/mol. The molecule has 0 spiro atoms. The number of halogens is 2. The highest BCUT2D eigenvalue weighted by atomic mass is 35.5. The van der Waals surface area contributed by atoms with Gasteiger partial charge in [0, 0.05) is 46.7 Å². The summed E-state index contributed by atoms with van der Waals surface area (Å²) in [6.45, 7) is -1.00. The van der Waals surface area contributed by atoms with E-state index in [2.05, 4.69) is 5.32 Å². The number of nitro groups is 1. The minimum absolute atomic E-state index is 0.000371. The predicted octanol–water partition coefficient (Wildman–Crippen LogP) is 5.77. The van der Waals surface area contributed by atoms with Crippen LogP contribution in [0.3, 0.4) is 0 Å². The van der Waals surface area contributed by atoms with E-state index in [0.717, 1.165) is 54.3 Å². The van der Waals surface area contributed by atoms with E-state index in [1.165, 1.54) is 24.1 Å². The second-order valence-electron chi connectivity index (χ2n) is 11.2. The van der Waals surface area contributed by atoms with Crippen molar-refractivity contribution in [3.05, 3.63) is 98.0 Å². The summed E-state index contributed by atoms with van der Waals surface area (Å²) in [7, 11) is -2.93. The molecule has 1 aliphatic rings. The largest absolute Gasteiger partial charge is 0.495 e. The Hall–Kier alpha value is -3.87. The molecule has 4 rings (SSSR count). The molecule has 0 aliphatic heterocycles. The molecule has 14 heteroatoms. The summed E-state index contributed by atoms with van der Waals surface area (Å²) in [5.74, 6) is -1.15. The molecular formula is C32H36Cl2N4O7S. The standard InChI is InChI=1S/C32H36Cl2N4O7S/c1-45-30-17-16-24(38(41)42)19-28(30)37(46(2,43)44)21-31(39)36(20-25-26(33)14-9-15-27(25)34)29(18-22-10-5-3-6-11-22)32(40)35-23-12-7-4-8-13-23/h3,5-6,9-11,14-17,19,23,29H,4,7-8,12-13,18,20-21H2,1-2H3,(H,35,40). The number of ether oxygens (including phenoxy) is 1. The zero-order valence-electron chi connectivity index (χ0n) is 25.5. The first kappa shape index (κ1) is 35.0. The zero-order chi connectivity index (χ0) is 33.4. The second-order valence-corrected chi connectivity index (χ2v) is 13.9. The van der Waals surface area contributed by atoms with Crippen molar-refractivity contribution in [2.75, 3.05) is 24.2 Å². The minimum Gasteiger partial charge on any atom is -0.495 e. The monoisotopic (exact) mass is 690 g/mol. The molecule has 0 heterocycles. The number of methoxy groups -OCH3 is 1. The highest BCUT2D eigenvalue weighted by Gasteiger charge is 2.35. The summed E-state index contributed by atoms with van der Waals surface area (Å²) in [5, 5.41) is 15.2. The van der Waals surface area contributed by atoms with Gasteiger partial charge in [0.2, 0.25) is 21.8 Å². The lowest BCUT2D eigenvalue weighted by Gasteiger charge is -2.35. The summed E-state index contributed by atoms with van der Waals surface area (Å²) < 4.78 is 32.4. The lowest BCUT2D eigenvalue weighted by Crippen LogP contribution is -2.55. The van der Waals surface area contributed by atoms with Crippen LogP contribution in [0.15, 0.2) is 66.7 Å². The van der Waals surface area contributed by atoms with Gasteiger partial charge in [-0.15, -0.1) is 0 Å². The van der Waals surface area contributed by atoms with Gasteiger partial charge in [-0.25, -0.2) is 8.42 Å². The highest BCUT2D eigenvalue weighted by Crippen LogP contribution is 2.34. The van der Waals surface area contributed by atoms with Gasteiger partial charge in [0.05, 0.1) is 18.3 Å². The maximum absolute atomic E-state index is 14.4. The molecule has 1 N–H and O–H groups in total. The lowest BCUT2D eigenvalue weighted by molar-refractivity contribution is -0.384. The summed E-state index contributed by atoms with van der Waals surface area (Å²) in [4.78, 5) is 40.7. The quantitative estimate of drug-likeness (QED) is 0.178. The molecule has 0 aromatic heterocycles. The summed E-state index contributed by atoms with van der Waals surface area (Å²) in [6, 6.07) is 16.3. The number of hydrogen-bond donors (Lipinski definition) is 1. The van der Waals surface area contributed by atoms with E-state index < -0.39 is 45.0 Å². The molecule has 2 amide bonds. The van der Waals surface area contributed by atoms with Crippen molar-refractivity contribution in [1.29, 1.82) is 0 Å². The first-order valence-corrected chi connectivity index (χ1v) is 17.4. The summed E-state index contributed by atoms with van der Waals surface area (Å²) in [5.41, 5.74) is 0.552. The fraction of sp³-hybridized carbons (Fsp3) is 0.375. The van der Waals surface area contributed by atoms with Gasteiger partial charge in [-0.1, -0.05) is 78.9 Å². The number of amides is 2. The zero-order valence-corrected chi connectivity index (χ0v) is 27.9. The third kappa shape index (κ3) is 8.89. The fourth-order valence-corrected chi connectivity index (χ4v) is 6.90. The van der Waals surface area contributed by atoms with Crippen LogP contribution < -0.4 is 14.4 Å². The fourth-order valence-electron chi connectivity index (χ4n) is 5.53. The van der Waals surface area contributed by atoms with E-state index in [4.69, 9.17) is 27.9 Å². The average molecular weight is 692 g/mol. The van der Waals surface area contributed by atoms with Crippen LogP contribution in [0.4, 0.5) is 11.4 Å². The van der Waals surface area contributed by atoms with Crippen molar-refractivity contribution >= 4 is 56.4 Å². The van der Waals surface area contributed by atoms with Crippen LogP contribution in [0.25, 0.3) is 0 Å².